The van der Waals surface area contributed by atoms with E-state index in [0.717, 1.165) is 0 Å². The third-order valence-corrected chi connectivity index (χ3v) is 1.99. The highest BCUT2D eigenvalue weighted by molar-refractivity contribution is 5.22. The molecule has 0 aliphatic rings. The summed E-state index contributed by atoms with van der Waals surface area (Å²) in [5.41, 5.74) is -0.209. The van der Waals surface area contributed by atoms with Gasteiger partial charge in [0.05, 0.1) is 6.10 Å². The summed E-state index contributed by atoms with van der Waals surface area (Å²) in [7, 11) is 0. The van der Waals surface area contributed by atoms with E-state index in [2.05, 4.69) is 0 Å². The van der Waals surface area contributed by atoms with E-state index in [1.807, 2.05) is 0 Å². The van der Waals surface area contributed by atoms with Gasteiger partial charge in [-0.25, -0.2) is 13.2 Å². The highest BCUT2D eigenvalue weighted by Gasteiger charge is 2.19. The molecule has 0 aromatic heterocycles. The summed E-state index contributed by atoms with van der Waals surface area (Å²) in [4.78, 5) is 0. The zero-order chi connectivity index (χ0) is 10.9. The van der Waals surface area contributed by atoms with Gasteiger partial charge in [-0.2, -0.15) is 0 Å². The normalized spacial score (nSPS) is 13.4. The number of rotatable bonds is 2. The van der Waals surface area contributed by atoms with Gasteiger partial charge >= 0.3 is 0 Å². The Hall–Kier alpha value is -1.03. The molecule has 1 atom stereocenters. The predicted octanol–water partition coefficient (Wildman–Crippen LogP) is 2.79. The highest BCUT2D eigenvalue weighted by atomic mass is 19.2. The van der Waals surface area contributed by atoms with Crippen molar-refractivity contribution >= 4 is 0 Å². The molecule has 0 saturated carbocycles. The first-order chi connectivity index (χ1) is 6.43. The Bertz CT molecular complexity index is 336. The van der Waals surface area contributed by atoms with Gasteiger partial charge in [-0.15, -0.1) is 0 Å². The lowest BCUT2D eigenvalue weighted by molar-refractivity contribution is 0.122. The third kappa shape index (κ3) is 2.07. The molecule has 1 rings (SSSR count). The van der Waals surface area contributed by atoms with Gasteiger partial charge in [0.1, 0.15) is 5.82 Å². The van der Waals surface area contributed by atoms with Crippen LogP contribution in [-0.2, 0) is 0 Å². The molecule has 0 aliphatic carbocycles. The van der Waals surface area contributed by atoms with Crippen LogP contribution in [0.1, 0.15) is 25.5 Å². The molecule has 4 heteroatoms. The maximum absolute atomic E-state index is 13.1. The Kier molecular flexibility index (Phi) is 3.16. The summed E-state index contributed by atoms with van der Waals surface area (Å²) in [6, 6.07) is 1.13. The van der Waals surface area contributed by atoms with E-state index in [1.165, 1.54) is 0 Å². The van der Waals surface area contributed by atoms with E-state index in [4.69, 9.17) is 0 Å². The second-order valence-corrected chi connectivity index (χ2v) is 3.48. The molecular weight excluding hydrogens is 193 g/mol. The molecule has 14 heavy (non-hydrogen) atoms. The zero-order valence-corrected chi connectivity index (χ0v) is 7.89. The zero-order valence-electron chi connectivity index (χ0n) is 7.89. The summed E-state index contributed by atoms with van der Waals surface area (Å²) < 4.78 is 38.3. The largest absolute Gasteiger partial charge is 0.388 e. The van der Waals surface area contributed by atoms with E-state index in [1.54, 1.807) is 13.8 Å². The molecule has 1 N–H and O–H groups in total. The summed E-state index contributed by atoms with van der Waals surface area (Å²) in [6.07, 6.45) is -1.12. The fourth-order valence-electron chi connectivity index (χ4n) is 1.12. The van der Waals surface area contributed by atoms with Crippen molar-refractivity contribution in [2.24, 2.45) is 5.92 Å². The maximum atomic E-state index is 13.1. The van der Waals surface area contributed by atoms with Crippen molar-refractivity contribution in [3.63, 3.8) is 0 Å². The van der Waals surface area contributed by atoms with Crippen LogP contribution in [0.2, 0.25) is 0 Å². The van der Waals surface area contributed by atoms with Crippen LogP contribution in [0.15, 0.2) is 12.1 Å². The molecule has 0 fully saturated rings. The summed E-state index contributed by atoms with van der Waals surface area (Å²) >= 11 is 0. The molecule has 78 valence electrons. The SMILES string of the molecule is CC(C)C(O)c1cc(F)c(F)cc1F. The molecule has 0 radical (unpaired) electrons. The summed E-state index contributed by atoms with van der Waals surface area (Å²) in [5, 5.41) is 9.46. The molecule has 0 saturated heterocycles. The van der Waals surface area contributed by atoms with Crippen LogP contribution < -0.4 is 0 Å². The van der Waals surface area contributed by atoms with Crippen LogP contribution >= 0.6 is 0 Å². The van der Waals surface area contributed by atoms with E-state index in [-0.39, 0.29) is 11.5 Å². The molecule has 1 aromatic carbocycles. The average molecular weight is 204 g/mol. The van der Waals surface area contributed by atoms with Crippen molar-refractivity contribution in [1.29, 1.82) is 0 Å². The second-order valence-electron chi connectivity index (χ2n) is 3.48. The number of aliphatic hydroxyl groups is 1. The number of benzene rings is 1. The predicted molar refractivity (Wildman–Crippen MR) is 46.1 cm³/mol. The molecule has 0 bridgehead atoms. The van der Waals surface area contributed by atoms with Crippen LogP contribution in [-0.4, -0.2) is 5.11 Å². The van der Waals surface area contributed by atoms with Crippen LogP contribution in [0.4, 0.5) is 13.2 Å². The van der Waals surface area contributed by atoms with Gasteiger partial charge in [-0.3, -0.25) is 0 Å². The minimum Gasteiger partial charge on any atom is -0.388 e. The number of hydrogen-bond donors (Lipinski definition) is 1. The first kappa shape index (κ1) is 11.0. The fraction of sp³-hybridized carbons (Fsp3) is 0.400. The van der Waals surface area contributed by atoms with Crippen molar-refractivity contribution in [1.82, 2.24) is 0 Å². The van der Waals surface area contributed by atoms with Gasteiger partial charge in [0.25, 0.3) is 0 Å². The maximum Gasteiger partial charge on any atom is 0.161 e. The summed E-state index contributed by atoms with van der Waals surface area (Å²) in [6.45, 7) is 3.32. The lowest BCUT2D eigenvalue weighted by atomic mass is 9.98. The Balaban J connectivity index is 3.15. The van der Waals surface area contributed by atoms with E-state index in [9.17, 15) is 18.3 Å². The van der Waals surface area contributed by atoms with Crippen LogP contribution in [0.3, 0.4) is 0 Å². The standard InChI is InChI=1S/C10H11F3O/c1-5(2)10(14)6-3-8(12)9(13)4-7(6)11/h3-5,10,14H,1-2H3. The van der Waals surface area contributed by atoms with Gasteiger partial charge in [0, 0.05) is 11.6 Å². The van der Waals surface area contributed by atoms with Crippen LogP contribution in [0, 0.1) is 23.4 Å². The molecular formula is C10H11F3O. The Morgan fingerprint density at radius 2 is 1.50 bits per heavy atom. The van der Waals surface area contributed by atoms with E-state index < -0.39 is 23.6 Å². The minimum absolute atomic E-state index is 0.209. The van der Waals surface area contributed by atoms with Gasteiger partial charge in [-0.1, -0.05) is 13.8 Å². The average Bonchev–Trinajstić information content (AvgIpc) is 2.10. The van der Waals surface area contributed by atoms with Crippen LogP contribution in [0.25, 0.3) is 0 Å². The van der Waals surface area contributed by atoms with Crippen molar-refractivity contribution in [2.45, 2.75) is 20.0 Å². The number of aliphatic hydroxyl groups excluding tert-OH is 1. The first-order valence-corrected chi connectivity index (χ1v) is 4.26. The van der Waals surface area contributed by atoms with Crippen LogP contribution in [0.5, 0.6) is 0 Å². The second kappa shape index (κ2) is 4.00. The molecule has 1 unspecified atom stereocenters. The third-order valence-electron chi connectivity index (χ3n) is 1.99. The molecule has 0 aliphatic heterocycles. The van der Waals surface area contributed by atoms with Crippen molar-refractivity contribution in [3.8, 4) is 0 Å². The van der Waals surface area contributed by atoms with Gasteiger partial charge in [-0.05, 0) is 12.0 Å². The minimum atomic E-state index is -1.25. The molecule has 0 amide bonds. The molecule has 0 heterocycles. The quantitative estimate of drug-likeness (QED) is 0.734. The van der Waals surface area contributed by atoms with Crippen molar-refractivity contribution < 1.29 is 18.3 Å². The van der Waals surface area contributed by atoms with Crippen molar-refractivity contribution in [2.75, 3.05) is 0 Å². The summed E-state index contributed by atoms with van der Waals surface area (Å²) in [5.74, 6) is -3.58. The molecule has 1 aromatic rings. The first-order valence-electron chi connectivity index (χ1n) is 4.26. The lowest BCUT2D eigenvalue weighted by Crippen LogP contribution is -2.08. The Morgan fingerprint density at radius 3 is 2.00 bits per heavy atom. The monoisotopic (exact) mass is 204 g/mol. The Labute approximate surface area is 80.2 Å². The fourth-order valence-corrected chi connectivity index (χ4v) is 1.12. The van der Waals surface area contributed by atoms with Crippen molar-refractivity contribution in [3.05, 3.63) is 35.1 Å². The molecule has 1 nitrogen and oxygen atoms in total. The van der Waals surface area contributed by atoms with Gasteiger partial charge in [0.15, 0.2) is 11.6 Å². The number of hydrogen-bond acceptors (Lipinski definition) is 1. The van der Waals surface area contributed by atoms with Gasteiger partial charge < -0.3 is 5.11 Å². The van der Waals surface area contributed by atoms with E-state index >= 15 is 0 Å². The smallest absolute Gasteiger partial charge is 0.161 e. The van der Waals surface area contributed by atoms with Gasteiger partial charge in [0.2, 0.25) is 0 Å². The van der Waals surface area contributed by atoms with E-state index in [0.29, 0.717) is 12.1 Å². The lowest BCUT2D eigenvalue weighted by Gasteiger charge is -2.15. The highest BCUT2D eigenvalue weighted by Crippen LogP contribution is 2.25. The molecule has 0 spiro atoms. The Morgan fingerprint density at radius 1 is 1.00 bits per heavy atom. The number of halogens is 3. The topological polar surface area (TPSA) is 20.2 Å².